The van der Waals surface area contributed by atoms with E-state index in [1.54, 1.807) is 6.20 Å². The van der Waals surface area contributed by atoms with Crippen molar-refractivity contribution in [2.75, 3.05) is 5.73 Å². The number of halogens is 1. The lowest BCUT2D eigenvalue weighted by molar-refractivity contribution is 0.580. The van der Waals surface area contributed by atoms with Gasteiger partial charge in [-0.1, -0.05) is 11.6 Å². The fourth-order valence-corrected chi connectivity index (χ4v) is 2.59. The third-order valence-corrected chi connectivity index (χ3v) is 4.02. The lowest BCUT2D eigenvalue weighted by Crippen LogP contribution is -2.23. The molecule has 0 spiro atoms. The summed E-state index contributed by atoms with van der Waals surface area (Å²) < 4.78 is 26.3. The summed E-state index contributed by atoms with van der Waals surface area (Å²) in [6.45, 7) is 0.129. The molecule has 0 aliphatic heterocycles. The van der Waals surface area contributed by atoms with E-state index < -0.39 is 10.0 Å². The Balaban J connectivity index is 2.17. The summed E-state index contributed by atoms with van der Waals surface area (Å²) in [6.07, 6.45) is 3.02. The van der Waals surface area contributed by atoms with Crippen molar-refractivity contribution in [3.05, 3.63) is 41.4 Å². The molecule has 0 aliphatic carbocycles. The van der Waals surface area contributed by atoms with E-state index >= 15 is 0 Å². The zero-order chi connectivity index (χ0) is 13.2. The Kier molecular flexibility index (Phi) is 3.55. The first-order chi connectivity index (χ1) is 8.49. The van der Waals surface area contributed by atoms with Gasteiger partial charge in [-0.05, 0) is 18.2 Å². The quantitative estimate of drug-likeness (QED) is 0.733. The predicted octanol–water partition coefficient (Wildman–Crippen LogP) is 1.12. The largest absolute Gasteiger partial charge is 0.398 e. The van der Waals surface area contributed by atoms with Gasteiger partial charge >= 0.3 is 0 Å². The second-order valence-electron chi connectivity index (χ2n) is 3.58. The zero-order valence-corrected chi connectivity index (χ0v) is 10.8. The number of aromatic nitrogens is 2. The van der Waals surface area contributed by atoms with Crippen molar-refractivity contribution in [1.29, 1.82) is 0 Å². The minimum absolute atomic E-state index is 0.0706. The number of anilines is 1. The Morgan fingerprint density at radius 3 is 2.83 bits per heavy atom. The molecule has 18 heavy (non-hydrogen) atoms. The minimum Gasteiger partial charge on any atom is -0.398 e. The molecule has 1 aromatic heterocycles. The van der Waals surface area contributed by atoms with Crippen LogP contribution >= 0.6 is 11.6 Å². The maximum absolute atomic E-state index is 11.9. The smallest absolute Gasteiger partial charge is 0.240 e. The molecule has 4 N–H and O–H groups in total. The number of hydrogen-bond acceptors (Lipinski definition) is 4. The zero-order valence-electron chi connectivity index (χ0n) is 9.22. The van der Waals surface area contributed by atoms with Gasteiger partial charge in [0, 0.05) is 11.9 Å². The molecule has 8 heteroatoms. The number of H-pyrrole nitrogens is 1. The van der Waals surface area contributed by atoms with E-state index in [2.05, 4.69) is 14.7 Å². The maximum Gasteiger partial charge on any atom is 0.240 e. The van der Waals surface area contributed by atoms with Crippen molar-refractivity contribution in [1.82, 2.24) is 14.7 Å². The fourth-order valence-electron chi connectivity index (χ4n) is 1.31. The fraction of sp³-hybridized carbons (Fsp3) is 0.100. The summed E-state index contributed by atoms with van der Waals surface area (Å²) >= 11 is 5.79. The molecular weight excluding hydrogens is 276 g/mol. The first-order valence-corrected chi connectivity index (χ1v) is 6.87. The molecule has 1 heterocycles. The van der Waals surface area contributed by atoms with Crippen LogP contribution in [0.4, 0.5) is 5.69 Å². The summed E-state index contributed by atoms with van der Waals surface area (Å²) in [6, 6.07) is 4.16. The predicted molar refractivity (Wildman–Crippen MR) is 68.5 cm³/mol. The van der Waals surface area contributed by atoms with Crippen LogP contribution in [0.5, 0.6) is 0 Å². The molecule has 1 aromatic carbocycles. The Bertz CT molecular complexity index is 640. The van der Waals surface area contributed by atoms with Crippen LogP contribution in [0.15, 0.2) is 35.6 Å². The number of nitrogens with one attached hydrogen (secondary N) is 2. The number of benzene rings is 1. The van der Waals surface area contributed by atoms with Gasteiger partial charge in [-0.2, -0.15) is 0 Å². The molecule has 0 atom stereocenters. The highest BCUT2D eigenvalue weighted by atomic mass is 35.5. The van der Waals surface area contributed by atoms with E-state index in [1.807, 2.05) is 0 Å². The highest BCUT2D eigenvalue weighted by Gasteiger charge is 2.15. The molecule has 0 saturated heterocycles. The van der Waals surface area contributed by atoms with Crippen LogP contribution in [0.1, 0.15) is 5.69 Å². The average molecular weight is 287 g/mol. The van der Waals surface area contributed by atoms with Crippen molar-refractivity contribution < 1.29 is 8.42 Å². The van der Waals surface area contributed by atoms with Crippen LogP contribution in [0.25, 0.3) is 0 Å². The number of nitrogens with two attached hydrogens (primary N) is 1. The van der Waals surface area contributed by atoms with Gasteiger partial charge < -0.3 is 10.7 Å². The number of hydrogen-bond donors (Lipinski definition) is 3. The lowest BCUT2D eigenvalue weighted by atomic mass is 10.3. The second kappa shape index (κ2) is 4.97. The van der Waals surface area contributed by atoms with Crippen molar-refractivity contribution in [3.63, 3.8) is 0 Å². The van der Waals surface area contributed by atoms with Crippen LogP contribution in [-0.2, 0) is 16.6 Å². The van der Waals surface area contributed by atoms with Crippen LogP contribution in [0, 0.1) is 0 Å². The van der Waals surface area contributed by atoms with Gasteiger partial charge in [-0.3, -0.25) is 0 Å². The number of aromatic amines is 1. The molecule has 0 unspecified atom stereocenters. The first-order valence-electron chi connectivity index (χ1n) is 5.01. The monoisotopic (exact) mass is 286 g/mol. The highest BCUT2D eigenvalue weighted by molar-refractivity contribution is 7.89. The van der Waals surface area contributed by atoms with Crippen LogP contribution in [0.2, 0.25) is 5.02 Å². The number of rotatable bonds is 4. The molecule has 2 aromatic rings. The van der Waals surface area contributed by atoms with Crippen molar-refractivity contribution in [3.8, 4) is 0 Å². The van der Waals surface area contributed by atoms with Crippen LogP contribution in [-0.4, -0.2) is 18.4 Å². The molecular formula is C10H11ClN4O2S. The highest BCUT2D eigenvalue weighted by Crippen LogP contribution is 2.22. The van der Waals surface area contributed by atoms with E-state index in [-0.39, 0.29) is 16.5 Å². The average Bonchev–Trinajstić information content (AvgIpc) is 2.83. The van der Waals surface area contributed by atoms with Crippen LogP contribution in [0.3, 0.4) is 0 Å². The van der Waals surface area contributed by atoms with Gasteiger partial charge in [-0.15, -0.1) is 0 Å². The molecule has 0 bridgehead atoms. The van der Waals surface area contributed by atoms with E-state index in [4.69, 9.17) is 17.3 Å². The normalized spacial score (nSPS) is 11.6. The molecule has 2 rings (SSSR count). The standard InChI is InChI=1S/C10H11ClN4O2S/c11-9-3-8(1-2-10(9)12)18(16,17)15-5-7-4-13-6-14-7/h1-4,6,15H,5,12H2,(H,13,14). The number of nitrogens with zero attached hydrogens (tertiary/aromatic N) is 1. The van der Waals surface area contributed by atoms with Crippen molar-refractivity contribution in [2.24, 2.45) is 0 Å². The third-order valence-electron chi connectivity index (χ3n) is 2.29. The molecule has 0 fully saturated rings. The molecule has 0 amide bonds. The van der Waals surface area contributed by atoms with Gasteiger partial charge in [0.1, 0.15) is 0 Å². The Morgan fingerprint density at radius 1 is 1.44 bits per heavy atom. The summed E-state index contributed by atoms with van der Waals surface area (Å²) in [7, 11) is -3.61. The van der Waals surface area contributed by atoms with E-state index in [0.29, 0.717) is 11.4 Å². The first kappa shape index (κ1) is 12.9. The van der Waals surface area contributed by atoms with Gasteiger partial charge in [0.25, 0.3) is 0 Å². The van der Waals surface area contributed by atoms with E-state index in [9.17, 15) is 8.42 Å². The lowest BCUT2D eigenvalue weighted by Gasteiger charge is -2.07. The SMILES string of the molecule is Nc1ccc(S(=O)(=O)NCc2cnc[nH]2)cc1Cl. The Hall–Kier alpha value is -1.57. The molecule has 6 nitrogen and oxygen atoms in total. The van der Waals surface area contributed by atoms with E-state index in [0.717, 1.165) is 0 Å². The Morgan fingerprint density at radius 2 is 2.22 bits per heavy atom. The van der Waals surface area contributed by atoms with Crippen molar-refractivity contribution in [2.45, 2.75) is 11.4 Å². The summed E-state index contributed by atoms with van der Waals surface area (Å²) in [5.41, 5.74) is 6.53. The maximum atomic E-state index is 11.9. The summed E-state index contributed by atoms with van der Waals surface area (Å²) in [5, 5.41) is 0.208. The second-order valence-corrected chi connectivity index (χ2v) is 5.76. The van der Waals surface area contributed by atoms with Gasteiger partial charge in [0.15, 0.2) is 0 Å². The third kappa shape index (κ3) is 2.81. The molecule has 0 saturated carbocycles. The summed E-state index contributed by atoms with van der Waals surface area (Å²) in [5.74, 6) is 0. The number of nitrogen functional groups attached to an aromatic ring is 1. The van der Waals surface area contributed by atoms with Gasteiger partial charge in [0.2, 0.25) is 10.0 Å². The minimum atomic E-state index is -3.61. The van der Waals surface area contributed by atoms with Gasteiger partial charge in [-0.25, -0.2) is 18.1 Å². The number of sulfonamides is 1. The summed E-state index contributed by atoms with van der Waals surface area (Å²) in [4.78, 5) is 6.66. The molecule has 0 radical (unpaired) electrons. The topological polar surface area (TPSA) is 101 Å². The number of imidazole rings is 1. The molecule has 96 valence electrons. The van der Waals surface area contributed by atoms with Crippen molar-refractivity contribution >= 4 is 27.3 Å². The molecule has 0 aliphatic rings. The van der Waals surface area contributed by atoms with Crippen LogP contribution < -0.4 is 10.5 Å². The Labute approximate surface area is 109 Å². The van der Waals surface area contributed by atoms with Gasteiger partial charge in [0.05, 0.1) is 28.5 Å². The van der Waals surface area contributed by atoms with E-state index in [1.165, 1.54) is 24.5 Å².